The highest BCUT2D eigenvalue weighted by molar-refractivity contribution is 7.27. The molecular formula is C62H39NS2. The normalized spacial score (nSPS) is 11.7. The molecule has 13 aromatic rings. The van der Waals surface area contributed by atoms with Crippen molar-refractivity contribution in [2.45, 2.75) is 0 Å². The first-order valence-corrected chi connectivity index (χ1v) is 23.8. The van der Waals surface area contributed by atoms with Crippen molar-refractivity contribution in [3.63, 3.8) is 0 Å². The van der Waals surface area contributed by atoms with Gasteiger partial charge in [-0.05, 0) is 109 Å². The minimum Gasteiger partial charge on any atom is -0.308 e. The summed E-state index contributed by atoms with van der Waals surface area (Å²) in [6.07, 6.45) is 0. The predicted molar refractivity (Wildman–Crippen MR) is 284 cm³/mol. The number of hydrogen-bond acceptors (Lipinski definition) is 3. The smallest absolute Gasteiger partial charge is 0.0640 e. The number of hydrogen-bond donors (Lipinski definition) is 0. The zero-order valence-corrected chi connectivity index (χ0v) is 36.9. The Bertz CT molecular complexity index is 3920. The standard InChI is InChI=1S/C62H39NS2/c1-4-13-40(14-5-1)47-29-33-52-53-21-12-22-57(61(53)64-58(52)38-47)63(49-31-27-42(28-32-49)46-26-25-45-24-23-44-19-10-11-20-50(44)55(45)37-46)56-36-35-51(43-17-8-3-9-18-43)62-60(56)54-34-30-48(39-59(54)65-62)41-15-6-2-7-16-41/h1-39H. The zero-order valence-electron chi connectivity index (χ0n) is 35.3. The highest BCUT2D eigenvalue weighted by Crippen LogP contribution is 2.52. The van der Waals surface area contributed by atoms with Gasteiger partial charge in [-0.2, -0.15) is 0 Å². The summed E-state index contributed by atoms with van der Waals surface area (Å²) in [5.41, 5.74) is 13.2. The van der Waals surface area contributed by atoms with Crippen LogP contribution in [-0.2, 0) is 0 Å². The number of fused-ring (bicyclic) bond motifs is 9. The molecule has 0 N–H and O–H groups in total. The minimum absolute atomic E-state index is 1.11. The van der Waals surface area contributed by atoms with Crippen molar-refractivity contribution in [3.8, 4) is 44.5 Å². The van der Waals surface area contributed by atoms with Gasteiger partial charge in [0.2, 0.25) is 0 Å². The lowest BCUT2D eigenvalue weighted by molar-refractivity contribution is 1.32. The molecule has 0 aliphatic rings. The lowest BCUT2D eigenvalue weighted by Gasteiger charge is -2.28. The van der Waals surface area contributed by atoms with E-state index in [-0.39, 0.29) is 0 Å². The summed E-state index contributed by atoms with van der Waals surface area (Å²) in [7, 11) is 0. The molecule has 0 amide bonds. The largest absolute Gasteiger partial charge is 0.308 e. The Labute approximate surface area is 385 Å². The number of nitrogens with zero attached hydrogens (tertiary/aromatic N) is 1. The van der Waals surface area contributed by atoms with Gasteiger partial charge in [0.25, 0.3) is 0 Å². The first-order chi connectivity index (χ1) is 32.2. The molecule has 0 bridgehead atoms. The quantitative estimate of drug-likeness (QED) is 0.144. The Morgan fingerprint density at radius 3 is 1.52 bits per heavy atom. The van der Waals surface area contributed by atoms with E-state index < -0.39 is 0 Å². The molecule has 0 saturated carbocycles. The van der Waals surface area contributed by atoms with Crippen molar-refractivity contribution in [3.05, 3.63) is 237 Å². The van der Waals surface area contributed by atoms with Gasteiger partial charge in [0, 0.05) is 41.3 Å². The maximum absolute atomic E-state index is 2.53. The summed E-state index contributed by atoms with van der Waals surface area (Å²) in [6.45, 7) is 0. The number of rotatable bonds is 7. The third kappa shape index (κ3) is 6.43. The Kier molecular flexibility index (Phi) is 8.97. The van der Waals surface area contributed by atoms with Crippen LogP contribution in [0.3, 0.4) is 0 Å². The van der Waals surface area contributed by atoms with Gasteiger partial charge in [0.15, 0.2) is 0 Å². The molecular weight excluding hydrogens is 823 g/mol. The van der Waals surface area contributed by atoms with Crippen molar-refractivity contribution in [2.24, 2.45) is 0 Å². The lowest BCUT2D eigenvalue weighted by atomic mass is 9.96. The first kappa shape index (κ1) is 37.7. The van der Waals surface area contributed by atoms with Crippen LogP contribution in [0, 0.1) is 0 Å². The second-order valence-electron chi connectivity index (χ2n) is 16.8. The average Bonchev–Trinajstić information content (AvgIpc) is 3.96. The van der Waals surface area contributed by atoms with Gasteiger partial charge in [0.05, 0.1) is 16.1 Å². The van der Waals surface area contributed by atoms with E-state index in [2.05, 4.69) is 241 Å². The van der Waals surface area contributed by atoms with Crippen molar-refractivity contribution in [1.82, 2.24) is 0 Å². The second-order valence-corrected chi connectivity index (χ2v) is 18.9. The molecule has 0 atom stereocenters. The summed E-state index contributed by atoms with van der Waals surface area (Å²) >= 11 is 3.79. The van der Waals surface area contributed by atoms with Gasteiger partial charge in [-0.3, -0.25) is 0 Å². The molecule has 13 rings (SSSR count). The van der Waals surface area contributed by atoms with E-state index in [1.807, 2.05) is 22.7 Å². The third-order valence-electron chi connectivity index (χ3n) is 13.1. The molecule has 0 radical (unpaired) electrons. The molecule has 3 heteroatoms. The van der Waals surface area contributed by atoms with Crippen LogP contribution in [0.5, 0.6) is 0 Å². The molecule has 0 fully saturated rings. The molecule has 0 aliphatic carbocycles. The van der Waals surface area contributed by atoms with Crippen LogP contribution >= 0.6 is 22.7 Å². The van der Waals surface area contributed by atoms with Crippen molar-refractivity contribution in [2.75, 3.05) is 4.90 Å². The molecule has 11 aromatic carbocycles. The fraction of sp³-hybridized carbons (Fsp3) is 0. The molecule has 0 saturated heterocycles. The molecule has 2 heterocycles. The van der Waals surface area contributed by atoms with Gasteiger partial charge in [-0.25, -0.2) is 0 Å². The van der Waals surface area contributed by atoms with E-state index in [0.29, 0.717) is 0 Å². The maximum Gasteiger partial charge on any atom is 0.0640 e. The number of anilines is 3. The monoisotopic (exact) mass is 861 g/mol. The third-order valence-corrected chi connectivity index (χ3v) is 15.4. The molecule has 1 nitrogen and oxygen atoms in total. The Morgan fingerprint density at radius 2 is 0.800 bits per heavy atom. The van der Waals surface area contributed by atoms with Crippen molar-refractivity contribution < 1.29 is 0 Å². The molecule has 304 valence electrons. The van der Waals surface area contributed by atoms with Gasteiger partial charge < -0.3 is 4.90 Å². The first-order valence-electron chi connectivity index (χ1n) is 22.1. The Balaban J connectivity index is 1.04. The van der Waals surface area contributed by atoms with Crippen LogP contribution in [-0.4, -0.2) is 0 Å². The molecule has 2 aromatic heterocycles. The summed E-state index contributed by atoms with van der Waals surface area (Å²) in [6, 6.07) is 87.2. The molecule has 0 spiro atoms. The second kappa shape index (κ2) is 15.5. The van der Waals surface area contributed by atoms with E-state index in [1.165, 1.54) is 118 Å². The van der Waals surface area contributed by atoms with E-state index in [9.17, 15) is 0 Å². The Hall–Kier alpha value is -7.82. The van der Waals surface area contributed by atoms with Crippen LogP contribution in [0.1, 0.15) is 0 Å². The van der Waals surface area contributed by atoms with E-state index >= 15 is 0 Å². The van der Waals surface area contributed by atoms with Crippen LogP contribution < -0.4 is 4.90 Å². The van der Waals surface area contributed by atoms with E-state index in [0.717, 1.165) is 5.69 Å². The van der Waals surface area contributed by atoms with Crippen molar-refractivity contribution in [1.29, 1.82) is 0 Å². The van der Waals surface area contributed by atoms with E-state index in [4.69, 9.17) is 0 Å². The van der Waals surface area contributed by atoms with Gasteiger partial charge in [0.1, 0.15) is 0 Å². The van der Waals surface area contributed by atoms with Gasteiger partial charge >= 0.3 is 0 Å². The van der Waals surface area contributed by atoms with E-state index in [1.54, 1.807) is 0 Å². The summed E-state index contributed by atoms with van der Waals surface area (Å²) in [5, 5.41) is 10.2. The summed E-state index contributed by atoms with van der Waals surface area (Å²) in [5.74, 6) is 0. The zero-order chi connectivity index (χ0) is 42.8. The fourth-order valence-electron chi connectivity index (χ4n) is 9.87. The van der Waals surface area contributed by atoms with Gasteiger partial charge in [-0.15, -0.1) is 22.7 Å². The van der Waals surface area contributed by atoms with Crippen LogP contribution in [0.4, 0.5) is 17.1 Å². The highest BCUT2D eigenvalue weighted by Gasteiger charge is 2.24. The highest BCUT2D eigenvalue weighted by atomic mass is 32.1. The van der Waals surface area contributed by atoms with Crippen LogP contribution in [0.25, 0.3) is 106 Å². The SMILES string of the molecule is c1ccc(-c2ccc3c(c2)sc2c(N(c4ccc(-c5ccc6ccc7ccccc7c6c5)cc4)c4ccc(-c5ccccc5)c5sc6cc(-c7ccccc7)ccc6c45)cccc23)cc1. The number of thiophene rings is 2. The van der Waals surface area contributed by atoms with Crippen LogP contribution in [0.15, 0.2) is 237 Å². The lowest BCUT2D eigenvalue weighted by Crippen LogP contribution is -2.10. The summed E-state index contributed by atoms with van der Waals surface area (Å²) in [4.78, 5) is 2.53. The fourth-order valence-corrected chi connectivity index (χ4v) is 12.4. The summed E-state index contributed by atoms with van der Waals surface area (Å²) < 4.78 is 5.12. The van der Waals surface area contributed by atoms with Gasteiger partial charge in [-0.1, -0.05) is 194 Å². The molecule has 0 unspecified atom stereocenters. The molecule has 65 heavy (non-hydrogen) atoms. The predicted octanol–water partition coefficient (Wildman–Crippen LogP) is 18.9. The van der Waals surface area contributed by atoms with Crippen LogP contribution in [0.2, 0.25) is 0 Å². The average molecular weight is 862 g/mol. The number of benzene rings is 11. The Morgan fingerprint density at radius 1 is 0.277 bits per heavy atom. The minimum atomic E-state index is 1.11. The maximum atomic E-state index is 2.53. The molecule has 0 aliphatic heterocycles. The van der Waals surface area contributed by atoms with Crippen molar-refractivity contribution >= 4 is 102 Å². The topological polar surface area (TPSA) is 3.24 Å².